The van der Waals surface area contributed by atoms with Gasteiger partial charge >= 0.3 is 17.9 Å². The number of hydrogen-bond acceptors (Lipinski definition) is 3. The molecule has 0 spiro atoms. The van der Waals surface area contributed by atoms with Gasteiger partial charge in [0.1, 0.15) is 0 Å². The van der Waals surface area contributed by atoms with E-state index in [4.69, 9.17) is 15.3 Å². The van der Waals surface area contributed by atoms with E-state index < -0.39 is 17.9 Å². The van der Waals surface area contributed by atoms with Crippen molar-refractivity contribution in [3.8, 4) is 0 Å². The fraction of sp³-hybridized carbons (Fsp3) is 0.783. The summed E-state index contributed by atoms with van der Waals surface area (Å²) in [4.78, 5) is 32.9. The van der Waals surface area contributed by atoms with Crippen molar-refractivity contribution in [2.45, 2.75) is 90.4 Å². The number of allylic oxidation sites excluding steroid dienone is 2. The van der Waals surface area contributed by atoms with Crippen molar-refractivity contribution in [2.24, 2.45) is 0 Å². The number of carboxylic acid groups (broad SMARTS) is 3. The van der Waals surface area contributed by atoms with Crippen molar-refractivity contribution < 1.29 is 34.2 Å². The quantitative estimate of drug-likeness (QED) is 0.139. The Labute approximate surface area is 181 Å². The SMILES string of the molecule is CCC/C=C/CCCCCC[N+](CCCC(=O)O)(CCCC(=O)O)CCCC(=O)O. The first-order chi connectivity index (χ1) is 14.3. The predicted molar refractivity (Wildman–Crippen MR) is 117 cm³/mol. The third-order valence-corrected chi connectivity index (χ3v) is 5.44. The molecule has 0 fully saturated rings. The molecule has 0 bridgehead atoms. The van der Waals surface area contributed by atoms with Crippen molar-refractivity contribution in [3.63, 3.8) is 0 Å². The van der Waals surface area contributed by atoms with Crippen LogP contribution in [0.2, 0.25) is 0 Å². The Balaban J connectivity index is 4.74. The van der Waals surface area contributed by atoms with E-state index in [-0.39, 0.29) is 19.3 Å². The van der Waals surface area contributed by atoms with Crippen LogP contribution < -0.4 is 0 Å². The maximum absolute atomic E-state index is 11.0. The van der Waals surface area contributed by atoms with Gasteiger partial charge in [0, 0.05) is 19.3 Å². The second-order valence-electron chi connectivity index (χ2n) is 8.19. The van der Waals surface area contributed by atoms with Crippen LogP contribution in [0.15, 0.2) is 12.2 Å². The summed E-state index contributed by atoms with van der Waals surface area (Å²) in [6.07, 6.45) is 14.1. The fourth-order valence-electron chi connectivity index (χ4n) is 3.83. The van der Waals surface area contributed by atoms with Gasteiger partial charge in [0.15, 0.2) is 0 Å². The van der Waals surface area contributed by atoms with Crippen molar-refractivity contribution in [3.05, 3.63) is 12.2 Å². The first-order valence-electron chi connectivity index (χ1n) is 11.5. The molecule has 30 heavy (non-hydrogen) atoms. The van der Waals surface area contributed by atoms with Crippen molar-refractivity contribution in [1.29, 1.82) is 0 Å². The second-order valence-corrected chi connectivity index (χ2v) is 8.19. The number of carboxylic acids is 3. The molecule has 0 atom stereocenters. The molecule has 0 aliphatic heterocycles. The van der Waals surface area contributed by atoms with Gasteiger partial charge in [0.25, 0.3) is 0 Å². The molecule has 7 heteroatoms. The number of quaternary nitrogens is 1. The molecule has 0 radical (unpaired) electrons. The van der Waals surface area contributed by atoms with Gasteiger partial charge in [0.05, 0.1) is 45.4 Å². The van der Waals surface area contributed by atoms with E-state index in [1.54, 1.807) is 0 Å². The summed E-state index contributed by atoms with van der Waals surface area (Å²) in [7, 11) is 0. The maximum atomic E-state index is 11.0. The van der Waals surface area contributed by atoms with E-state index in [0.717, 1.165) is 45.1 Å². The molecule has 0 rings (SSSR count). The summed E-state index contributed by atoms with van der Waals surface area (Å²) in [5.74, 6) is -2.50. The molecule has 0 saturated carbocycles. The lowest BCUT2D eigenvalue weighted by Gasteiger charge is -2.39. The zero-order valence-electron chi connectivity index (χ0n) is 18.7. The molecular weight excluding hydrogens is 386 g/mol. The number of carbonyl (C=O) groups is 3. The van der Waals surface area contributed by atoms with Crippen LogP contribution in [0.1, 0.15) is 90.4 Å². The van der Waals surface area contributed by atoms with Crippen LogP contribution in [-0.4, -0.2) is 63.9 Å². The lowest BCUT2D eigenvalue weighted by Crippen LogP contribution is -2.51. The van der Waals surface area contributed by atoms with Gasteiger partial charge in [-0.15, -0.1) is 0 Å². The zero-order chi connectivity index (χ0) is 22.7. The first-order valence-corrected chi connectivity index (χ1v) is 11.5. The Morgan fingerprint density at radius 3 is 1.43 bits per heavy atom. The Bertz CT molecular complexity index is 468. The molecule has 7 nitrogen and oxygen atoms in total. The second kappa shape index (κ2) is 17.9. The summed E-state index contributed by atoms with van der Waals surface area (Å²) in [5, 5.41) is 27.0. The summed E-state index contributed by atoms with van der Waals surface area (Å²) in [6.45, 7) is 4.99. The van der Waals surface area contributed by atoms with Crippen molar-refractivity contribution in [2.75, 3.05) is 26.2 Å². The monoisotopic (exact) mass is 428 g/mol. The molecule has 3 N–H and O–H groups in total. The Morgan fingerprint density at radius 1 is 0.600 bits per heavy atom. The normalized spacial score (nSPS) is 11.8. The molecule has 0 aliphatic carbocycles. The molecule has 0 aromatic carbocycles. The van der Waals surface area contributed by atoms with Gasteiger partial charge < -0.3 is 19.8 Å². The topological polar surface area (TPSA) is 112 Å². The van der Waals surface area contributed by atoms with Crippen molar-refractivity contribution >= 4 is 17.9 Å². The van der Waals surface area contributed by atoms with E-state index in [1.807, 2.05) is 0 Å². The molecule has 0 unspecified atom stereocenters. The molecule has 0 amide bonds. The van der Waals surface area contributed by atoms with Gasteiger partial charge in [-0.3, -0.25) is 14.4 Å². The Hall–Kier alpha value is -1.89. The largest absolute Gasteiger partial charge is 0.481 e. The van der Waals surface area contributed by atoms with E-state index >= 15 is 0 Å². The van der Waals surface area contributed by atoms with E-state index in [9.17, 15) is 14.4 Å². The van der Waals surface area contributed by atoms with Crippen LogP contribution in [0.25, 0.3) is 0 Å². The van der Waals surface area contributed by atoms with E-state index in [0.29, 0.717) is 43.4 Å². The zero-order valence-corrected chi connectivity index (χ0v) is 18.7. The Kier molecular flexibility index (Phi) is 16.8. The molecule has 174 valence electrons. The van der Waals surface area contributed by atoms with Gasteiger partial charge in [-0.1, -0.05) is 31.9 Å². The van der Waals surface area contributed by atoms with Gasteiger partial charge in [-0.2, -0.15) is 0 Å². The summed E-state index contributed by atoms with van der Waals surface area (Å²) < 4.78 is 0.629. The molecule has 0 aromatic rings. The van der Waals surface area contributed by atoms with Crippen molar-refractivity contribution in [1.82, 2.24) is 0 Å². The molecule has 0 heterocycles. The molecule has 0 saturated heterocycles. The number of rotatable bonds is 21. The molecular formula is C23H42NO6+. The van der Waals surface area contributed by atoms with Crippen LogP contribution in [0, 0.1) is 0 Å². The summed E-state index contributed by atoms with van der Waals surface area (Å²) >= 11 is 0. The minimum atomic E-state index is -0.833. The predicted octanol–water partition coefficient (Wildman–Crippen LogP) is 4.70. The van der Waals surface area contributed by atoms with Gasteiger partial charge in [-0.05, 0) is 32.1 Å². The lowest BCUT2D eigenvalue weighted by molar-refractivity contribution is -0.929. The number of hydrogen-bond donors (Lipinski definition) is 3. The van der Waals surface area contributed by atoms with E-state index in [2.05, 4.69) is 19.1 Å². The maximum Gasteiger partial charge on any atom is 0.303 e. The standard InChI is InChI=1S/C23H41NO6/c1-2-3-4-5-6-7-8-9-10-17-24(18-11-14-21(25)26,19-12-15-22(27)28)20-13-16-23(29)30/h4-5H,2-3,6-20H2,1H3,(H2-,25,26,27,28,29,30)/p+1/b5-4+. The van der Waals surface area contributed by atoms with Crippen LogP contribution >= 0.6 is 0 Å². The third-order valence-electron chi connectivity index (χ3n) is 5.44. The van der Waals surface area contributed by atoms with Gasteiger partial charge in [0.2, 0.25) is 0 Å². The fourth-order valence-corrected chi connectivity index (χ4v) is 3.83. The highest BCUT2D eigenvalue weighted by Gasteiger charge is 2.27. The highest BCUT2D eigenvalue weighted by molar-refractivity contribution is 5.67. The number of unbranched alkanes of at least 4 members (excludes halogenated alkanes) is 5. The Morgan fingerprint density at radius 2 is 1.00 bits per heavy atom. The third kappa shape index (κ3) is 17.0. The highest BCUT2D eigenvalue weighted by Crippen LogP contribution is 2.18. The van der Waals surface area contributed by atoms with Crippen LogP contribution in [0.3, 0.4) is 0 Å². The summed E-state index contributed by atoms with van der Waals surface area (Å²) in [5.41, 5.74) is 0. The number of nitrogens with zero attached hydrogens (tertiary/aromatic N) is 1. The van der Waals surface area contributed by atoms with Crippen LogP contribution in [-0.2, 0) is 14.4 Å². The highest BCUT2D eigenvalue weighted by atomic mass is 16.4. The smallest absolute Gasteiger partial charge is 0.303 e. The average molecular weight is 429 g/mol. The van der Waals surface area contributed by atoms with E-state index in [1.165, 1.54) is 6.42 Å². The molecule has 0 aliphatic rings. The lowest BCUT2D eigenvalue weighted by atomic mass is 10.1. The minimum absolute atomic E-state index is 0.0853. The number of aliphatic carboxylic acids is 3. The summed E-state index contributed by atoms with van der Waals surface area (Å²) in [6, 6.07) is 0. The van der Waals surface area contributed by atoms with Gasteiger partial charge in [-0.25, -0.2) is 0 Å². The first kappa shape index (κ1) is 28.1. The van der Waals surface area contributed by atoms with Crippen LogP contribution in [0.5, 0.6) is 0 Å². The molecule has 0 aromatic heterocycles. The minimum Gasteiger partial charge on any atom is -0.481 e. The van der Waals surface area contributed by atoms with Crippen LogP contribution in [0.4, 0.5) is 0 Å². The average Bonchev–Trinajstić information content (AvgIpc) is 2.65.